The van der Waals surface area contributed by atoms with Crippen molar-refractivity contribution in [1.82, 2.24) is 4.98 Å². The smallest absolute Gasteiger partial charge is 0.335 e. The SMILES string of the molecule is O=C(O)c1ccc(-c2cc3c(cc2OCc2csc(-c4ccc(Cl)cc4)n2)C(=O)CC3)cc1. The van der Waals surface area contributed by atoms with Crippen LogP contribution in [0, 0.1) is 0 Å². The maximum Gasteiger partial charge on any atom is 0.335 e. The first-order valence-corrected chi connectivity index (χ1v) is 11.6. The van der Waals surface area contributed by atoms with Gasteiger partial charge in [-0.3, -0.25) is 4.79 Å². The molecule has 164 valence electrons. The molecule has 7 heteroatoms. The maximum atomic E-state index is 12.3. The number of ketones is 1. The van der Waals surface area contributed by atoms with Gasteiger partial charge in [0.2, 0.25) is 0 Å². The minimum Gasteiger partial charge on any atom is -0.487 e. The second-order valence-corrected chi connectivity index (χ2v) is 9.05. The Morgan fingerprint density at radius 3 is 2.45 bits per heavy atom. The maximum absolute atomic E-state index is 12.3. The number of Topliss-reactive ketones (excluding diaryl/α,β-unsaturated/α-hetero) is 1. The molecule has 4 aromatic rings. The number of fused-ring (bicyclic) bond motifs is 1. The summed E-state index contributed by atoms with van der Waals surface area (Å²) in [5, 5.41) is 12.7. The van der Waals surface area contributed by atoms with Crippen LogP contribution in [0.25, 0.3) is 21.7 Å². The number of carboxylic acids is 1. The average molecular weight is 476 g/mol. The number of thiazole rings is 1. The van der Waals surface area contributed by atoms with Gasteiger partial charge in [0.15, 0.2) is 5.78 Å². The van der Waals surface area contributed by atoms with E-state index in [-0.39, 0.29) is 18.0 Å². The van der Waals surface area contributed by atoms with E-state index in [0.717, 1.165) is 33.0 Å². The Kier molecular flexibility index (Phi) is 5.70. The van der Waals surface area contributed by atoms with Gasteiger partial charge in [-0.2, -0.15) is 0 Å². The van der Waals surface area contributed by atoms with E-state index in [1.807, 2.05) is 35.7 Å². The van der Waals surface area contributed by atoms with Crippen molar-refractivity contribution in [3.05, 3.63) is 93.5 Å². The highest BCUT2D eigenvalue weighted by molar-refractivity contribution is 7.13. The number of nitrogens with zero attached hydrogens (tertiary/aromatic N) is 1. The molecule has 3 aromatic carbocycles. The molecule has 0 saturated carbocycles. The Balaban J connectivity index is 1.44. The van der Waals surface area contributed by atoms with Crippen LogP contribution in [0.3, 0.4) is 0 Å². The lowest BCUT2D eigenvalue weighted by atomic mass is 9.98. The fourth-order valence-corrected chi connectivity index (χ4v) is 4.80. The van der Waals surface area contributed by atoms with Gasteiger partial charge in [-0.05, 0) is 53.9 Å². The number of ether oxygens (including phenoxy) is 1. The van der Waals surface area contributed by atoms with E-state index in [9.17, 15) is 14.7 Å². The minimum atomic E-state index is -0.974. The molecule has 0 unspecified atom stereocenters. The highest BCUT2D eigenvalue weighted by Gasteiger charge is 2.23. The van der Waals surface area contributed by atoms with Crippen molar-refractivity contribution in [2.75, 3.05) is 0 Å². The van der Waals surface area contributed by atoms with Crippen molar-refractivity contribution in [2.45, 2.75) is 19.4 Å². The van der Waals surface area contributed by atoms with Gasteiger partial charge < -0.3 is 9.84 Å². The summed E-state index contributed by atoms with van der Waals surface area (Å²) in [7, 11) is 0. The fraction of sp³-hybridized carbons (Fsp3) is 0.115. The molecule has 1 aromatic heterocycles. The summed E-state index contributed by atoms with van der Waals surface area (Å²) in [5.74, 6) is -0.285. The molecule has 0 amide bonds. The van der Waals surface area contributed by atoms with E-state index in [0.29, 0.717) is 29.2 Å². The predicted octanol–water partition coefficient (Wildman–Crippen LogP) is 6.54. The molecule has 0 saturated heterocycles. The van der Waals surface area contributed by atoms with Crippen LogP contribution in [-0.4, -0.2) is 21.8 Å². The topological polar surface area (TPSA) is 76.5 Å². The van der Waals surface area contributed by atoms with Gasteiger partial charge in [-0.1, -0.05) is 35.9 Å². The molecular weight excluding hydrogens is 458 g/mol. The molecule has 1 N–H and O–H groups in total. The molecule has 0 bridgehead atoms. The second kappa shape index (κ2) is 8.81. The number of hydrogen-bond donors (Lipinski definition) is 1. The lowest BCUT2D eigenvalue weighted by Crippen LogP contribution is -2.01. The molecular formula is C26H18ClNO4S. The Bertz CT molecular complexity index is 1360. The van der Waals surface area contributed by atoms with Gasteiger partial charge in [-0.25, -0.2) is 9.78 Å². The zero-order valence-electron chi connectivity index (χ0n) is 17.4. The van der Waals surface area contributed by atoms with E-state index in [1.165, 1.54) is 11.3 Å². The molecule has 33 heavy (non-hydrogen) atoms. The summed E-state index contributed by atoms with van der Waals surface area (Å²) in [6, 6.07) is 18.0. The molecule has 5 rings (SSSR count). The Labute approximate surface area is 199 Å². The van der Waals surface area contributed by atoms with E-state index >= 15 is 0 Å². The highest BCUT2D eigenvalue weighted by atomic mass is 35.5. The number of hydrogen-bond acceptors (Lipinski definition) is 5. The number of aromatic nitrogens is 1. The molecule has 0 atom stereocenters. The van der Waals surface area contributed by atoms with Gasteiger partial charge >= 0.3 is 5.97 Å². The van der Waals surface area contributed by atoms with Crippen molar-refractivity contribution in [1.29, 1.82) is 0 Å². The van der Waals surface area contributed by atoms with Crippen LogP contribution in [0.1, 0.15) is 38.4 Å². The number of aromatic carboxylic acids is 1. The van der Waals surface area contributed by atoms with Crippen LogP contribution in [0.2, 0.25) is 5.02 Å². The predicted molar refractivity (Wildman–Crippen MR) is 128 cm³/mol. The standard InChI is InChI=1S/C26H18ClNO4S/c27-19-8-5-16(6-9-19)25-28-20(14-33-25)13-32-24-12-21-18(7-10-23(21)29)11-22(24)15-1-3-17(4-2-15)26(30)31/h1-6,8-9,11-12,14H,7,10,13H2,(H,30,31). The summed E-state index contributed by atoms with van der Waals surface area (Å²) >= 11 is 7.50. The van der Waals surface area contributed by atoms with Gasteiger partial charge in [-0.15, -0.1) is 11.3 Å². The highest BCUT2D eigenvalue weighted by Crippen LogP contribution is 2.37. The molecule has 0 radical (unpaired) electrons. The Morgan fingerprint density at radius 1 is 1.00 bits per heavy atom. The first-order valence-electron chi connectivity index (χ1n) is 10.3. The monoisotopic (exact) mass is 475 g/mol. The van der Waals surface area contributed by atoms with Crippen molar-refractivity contribution >= 4 is 34.7 Å². The second-order valence-electron chi connectivity index (χ2n) is 7.75. The molecule has 1 aliphatic carbocycles. The molecule has 0 fully saturated rings. The zero-order chi connectivity index (χ0) is 22.9. The Morgan fingerprint density at radius 2 is 1.73 bits per heavy atom. The van der Waals surface area contributed by atoms with E-state index in [4.69, 9.17) is 16.3 Å². The third-order valence-electron chi connectivity index (χ3n) is 5.59. The fourth-order valence-electron chi connectivity index (χ4n) is 3.86. The number of aryl methyl sites for hydroxylation is 1. The summed E-state index contributed by atoms with van der Waals surface area (Å²) in [4.78, 5) is 28.2. The zero-order valence-corrected chi connectivity index (χ0v) is 18.9. The largest absolute Gasteiger partial charge is 0.487 e. The van der Waals surface area contributed by atoms with Crippen molar-refractivity contribution in [3.8, 4) is 27.4 Å². The van der Waals surface area contributed by atoms with Crippen molar-refractivity contribution in [3.63, 3.8) is 0 Å². The third-order valence-corrected chi connectivity index (χ3v) is 6.78. The van der Waals surface area contributed by atoms with Gasteiger partial charge in [0, 0.05) is 33.5 Å². The quantitative estimate of drug-likeness (QED) is 0.342. The summed E-state index contributed by atoms with van der Waals surface area (Å²) in [6.45, 7) is 0.247. The lowest BCUT2D eigenvalue weighted by molar-refractivity contribution is 0.0696. The van der Waals surface area contributed by atoms with Crippen LogP contribution >= 0.6 is 22.9 Å². The number of rotatable bonds is 6. The van der Waals surface area contributed by atoms with E-state index < -0.39 is 5.97 Å². The summed E-state index contributed by atoms with van der Waals surface area (Å²) in [5.41, 5.74) is 5.32. The van der Waals surface area contributed by atoms with Gasteiger partial charge in [0.1, 0.15) is 17.4 Å². The van der Waals surface area contributed by atoms with E-state index in [1.54, 1.807) is 30.3 Å². The van der Waals surface area contributed by atoms with E-state index in [2.05, 4.69) is 4.98 Å². The van der Waals surface area contributed by atoms with Crippen molar-refractivity contribution < 1.29 is 19.4 Å². The van der Waals surface area contributed by atoms with Crippen LogP contribution in [0.4, 0.5) is 0 Å². The van der Waals surface area contributed by atoms with Gasteiger partial charge in [0.05, 0.1) is 11.3 Å². The average Bonchev–Trinajstić information content (AvgIpc) is 3.44. The van der Waals surface area contributed by atoms with Crippen LogP contribution < -0.4 is 4.74 Å². The Hall–Kier alpha value is -3.48. The van der Waals surface area contributed by atoms with Crippen LogP contribution in [0.5, 0.6) is 5.75 Å². The molecule has 0 aliphatic heterocycles. The minimum absolute atomic E-state index is 0.112. The number of halogens is 1. The van der Waals surface area contributed by atoms with Crippen LogP contribution in [-0.2, 0) is 13.0 Å². The molecule has 1 aliphatic rings. The third kappa shape index (κ3) is 4.40. The summed E-state index contributed by atoms with van der Waals surface area (Å²) < 4.78 is 6.15. The lowest BCUT2D eigenvalue weighted by Gasteiger charge is -2.14. The normalized spacial score (nSPS) is 12.6. The number of carbonyl (C=O) groups is 2. The molecule has 5 nitrogen and oxygen atoms in total. The first kappa shape index (κ1) is 21.4. The number of carboxylic acid groups (broad SMARTS) is 1. The number of benzene rings is 3. The number of carbonyl (C=O) groups excluding carboxylic acids is 1. The summed E-state index contributed by atoms with van der Waals surface area (Å²) in [6.07, 6.45) is 1.19. The first-order chi connectivity index (χ1) is 16.0. The molecule has 0 spiro atoms. The van der Waals surface area contributed by atoms with Crippen LogP contribution in [0.15, 0.2) is 66.0 Å². The molecule has 1 heterocycles. The van der Waals surface area contributed by atoms with Gasteiger partial charge in [0.25, 0.3) is 0 Å². The van der Waals surface area contributed by atoms with Crippen molar-refractivity contribution in [2.24, 2.45) is 0 Å².